The molecular weight excluding hydrogens is 388 g/mol. The largest absolute Gasteiger partial charge is 0.168 e. The average Bonchev–Trinajstić information content (AvgIpc) is 3.39. The molecule has 0 fully saturated rings. The summed E-state index contributed by atoms with van der Waals surface area (Å²) in [4.78, 5) is 22.4. The van der Waals surface area contributed by atoms with E-state index in [1.165, 1.54) is 24.6 Å². The quantitative estimate of drug-likeness (QED) is 0.406. The van der Waals surface area contributed by atoms with E-state index in [0.29, 0.717) is 0 Å². The van der Waals surface area contributed by atoms with Crippen molar-refractivity contribution in [3.63, 3.8) is 0 Å². The fraction of sp³-hybridized carbons (Fsp3) is 0.130. The van der Waals surface area contributed by atoms with Crippen LogP contribution in [0.25, 0.3) is 10.8 Å². The Kier molecular flexibility index (Phi) is 17.4. The van der Waals surface area contributed by atoms with Gasteiger partial charge in [0.15, 0.2) is 0 Å². The molecule has 2 aromatic rings. The van der Waals surface area contributed by atoms with Crippen LogP contribution in [-0.4, -0.2) is 27.0 Å². The predicted octanol–water partition coefficient (Wildman–Crippen LogP) is 5.12. The van der Waals surface area contributed by atoms with Gasteiger partial charge in [-0.15, -0.1) is 36.1 Å². The van der Waals surface area contributed by atoms with Crippen LogP contribution in [0.4, 0.5) is 0 Å². The molecule has 1 aliphatic rings. The SMILES string of the molecule is C=C(C)C(=O)O.C=C(C)C(=O)O.[C-]1=CC=CC1.[CH2]=[Ti+2].c1ccc2[cH-]ccc2c1. The molecule has 2 N–H and O–H groups in total. The standard InChI is InChI=1S/C9H7.C5H5.2C4H6O2.CH2.Ti/c1-2-5-9-7-3-6-8(9)4-1;1-2-4-5-3-1;2*1-3(2)4(5)6;;/h1-7H;1-3H,4H2;2*1H2,2H3,(H,5,6);1H2;/q2*-1;;;;+2. The maximum absolute atomic E-state index is 9.60. The van der Waals surface area contributed by atoms with E-state index in [4.69, 9.17) is 10.2 Å². The van der Waals surface area contributed by atoms with Gasteiger partial charge in [0, 0.05) is 11.1 Å². The van der Waals surface area contributed by atoms with E-state index in [1.54, 1.807) is 20.0 Å². The Hall–Kier alpha value is -2.69. The first kappa shape index (κ1) is 27.5. The van der Waals surface area contributed by atoms with Gasteiger partial charge in [0.2, 0.25) is 0 Å². The van der Waals surface area contributed by atoms with Crippen molar-refractivity contribution in [3.8, 4) is 0 Å². The van der Waals surface area contributed by atoms with E-state index in [0.717, 1.165) is 6.42 Å². The third kappa shape index (κ3) is 15.6. The van der Waals surface area contributed by atoms with Gasteiger partial charge < -0.3 is 10.2 Å². The molecule has 2 aromatic carbocycles. The molecule has 0 radical (unpaired) electrons. The third-order valence-electron chi connectivity index (χ3n) is 2.86. The number of hydrogen-bond donors (Lipinski definition) is 2. The molecule has 0 atom stereocenters. The number of aliphatic carboxylic acids is 2. The monoisotopic (exact) mass is 414 g/mol. The summed E-state index contributed by atoms with van der Waals surface area (Å²) in [5, 5.41) is 18.4. The zero-order valence-corrected chi connectivity index (χ0v) is 17.9. The molecule has 146 valence electrons. The summed E-state index contributed by atoms with van der Waals surface area (Å²) in [5.74, 6) is -1.87. The fourth-order valence-corrected chi connectivity index (χ4v) is 1.41. The maximum atomic E-state index is 9.60. The third-order valence-corrected chi connectivity index (χ3v) is 2.86. The van der Waals surface area contributed by atoms with Crippen molar-refractivity contribution in [2.75, 3.05) is 0 Å². The minimum atomic E-state index is -0.935. The van der Waals surface area contributed by atoms with Crippen LogP contribution >= 0.6 is 0 Å². The van der Waals surface area contributed by atoms with Crippen molar-refractivity contribution in [2.45, 2.75) is 20.3 Å². The smallest absolute Gasteiger partial charge is 0.0809 e. The first-order valence-corrected chi connectivity index (χ1v) is 9.31. The number of fused-ring (bicyclic) bond motifs is 1. The number of carbonyl (C=O) groups is 2. The van der Waals surface area contributed by atoms with Gasteiger partial charge in [0.1, 0.15) is 0 Å². The van der Waals surface area contributed by atoms with Crippen LogP contribution in [0.5, 0.6) is 0 Å². The Balaban J connectivity index is 0. The van der Waals surface area contributed by atoms with Crippen molar-refractivity contribution < 1.29 is 39.8 Å². The van der Waals surface area contributed by atoms with E-state index >= 15 is 0 Å². The fourth-order valence-electron chi connectivity index (χ4n) is 1.41. The van der Waals surface area contributed by atoms with Crippen molar-refractivity contribution in [3.05, 3.63) is 91.1 Å². The van der Waals surface area contributed by atoms with E-state index < -0.39 is 11.9 Å². The summed E-state index contributed by atoms with van der Waals surface area (Å²) in [5.41, 5.74) is 0.352. The number of allylic oxidation sites excluding steroid dienone is 4. The van der Waals surface area contributed by atoms with Gasteiger partial charge in [-0.1, -0.05) is 19.2 Å². The van der Waals surface area contributed by atoms with Crippen LogP contribution in [0.1, 0.15) is 20.3 Å². The molecule has 0 aromatic heterocycles. The summed E-state index contributed by atoms with van der Waals surface area (Å²) < 4.78 is 0. The van der Waals surface area contributed by atoms with Crippen molar-refractivity contribution >= 4 is 27.5 Å². The second-order valence-corrected chi connectivity index (χ2v) is 5.33. The van der Waals surface area contributed by atoms with Gasteiger partial charge in [-0.3, -0.25) is 6.08 Å². The summed E-state index contributed by atoms with van der Waals surface area (Å²) >= 11 is 1.75. The van der Waals surface area contributed by atoms with Crippen molar-refractivity contribution in [1.29, 1.82) is 0 Å². The first-order valence-electron chi connectivity index (χ1n) is 8.20. The normalized spacial score (nSPS) is 9.86. The number of carboxylic acids is 2. The van der Waals surface area contributed by atoms with E-state index in [2.05, 4.69) is 72.6 Å². The zero-order chi connectivity index (χ0) is 21.9. The van der Waals surface area contributed by atoms with Gasteiger partial charge in [-0.05, 0) is 13.8 Å². The van der Waals surface area contributed by atoms with Crippen molar-refractivity contribution in [1.82, 2.24) is 0 Å². The van der Waals surface area contributed by atoms with Crippen LogP contribution < -0.4 is 0 Å². The first-order chi connectivity index (χ1) is 13.3. The summed E-state index contributed by atoms with van der Waals surface area (Å²) in [7, 11) is 0. The Morgan fingerprint density at radius 3 is 1.86 bits per heavy atom. The summed E-state index contributed by atoms with van der Waals surface area (Å²) in [6, 6.07) is 14.7. The van der Waals surface area contributed by atoms with Gasteiger partial charge in [-0.2, -0.15) is 23.6 Å². The molecule has 0 heterocycles. The maximum Gasteiger partial charge on any atom is -0.0809 e. The molecule has 28 heavy (non-hydrogen) atoms. The van der Waals surface area contributed by atoms with Crippen LogP contribution in [0.2, 0.25) is 0 Å². The predicted molar refractivity (Wildman–Crippen MR) is 113 cm³/mol. The topological polar surface area (TPSA) is 74.6 Å². The Morgan fingerprint density at radius 1 is 1.04 bits per heavy atom. The van der Waals surface area contributed by atoms with Gasteiger partial charge in [0.25, 0.3) is 0 Å². The molecule has 5 heteroatoms. The average molecular weight is 414 g/mol. The molecule has 0 unspecified atom stereocenters. The molecule has 0 saturated carbocycles. The minimum absolute atomic E-state index is 0.176. The molecular formula is C23H26O4Ti. The van der Waals surface area contributed by atoms with E-state index in [9.17, 15) is 9.59 Å². The Morgan fingerprint density at radius 2 is 1.54 bits per heavy atom. The Bertz CT molecular complexity index is 725. The van der Waals surface area contributed by atoms with Crippen LogP contribution in [0.15, 0.2) is 85.0 Å². The van der Waals surface area contributed by atoms with Gasteiger partial charge in [0.05, 0.1) is 0 Å². The number of hydrogen-bond acceptors (Lipinski definition) is 2. The zero-order valence-electron chi connectivity index (χ0n) is 16.3. The summed E-state index contributed by atoms with van der Waals surface area (Å²) in [6.07, 6.45) is 10.0. The Labute approximate surface area is 178 Å². The van der Waals surface area contributed by atoms with Gasteiger partial charge >= 0.3 is 36.7 Å². The number of rotatable bonds is 2. The molecule has 4 nitrogen and oxygen atoms in total. The van der Waals surface area contributed by atoms with Crippen LogP contribution in [-0.2, 0) is 29.6 Å². The molecule has 1 aliphatic carbocycles. The molecule has 0 bridgehead atoms. The second-order valence-electron chi connectivity index (χ2n) is 5.33. The number of carboxylic acid groups (broad SMARTS) is 2. The van der Waals surface area contributed by atoms with Crippen LogP contribution in [0, 0.1) is 6.08 Å². The van der Waals surface area contributed by atoms with Gasteiger partial charge in [-0.25, -0.2) is 21.7 Å². The van der Waals surface area contributed by atoms with Crippen molar-refractivity contribution in [2.24, 2.45) is 0 Å². The molecule has 0 saturated heterocycles. The molecule has 0 amide bonds. The summed E-state index contributed by atoms with van der Waals surface area (Å²) in [6.45, 7) is 9.20. The molecule has 0 spiro atoms. The second kappa shape index (κ2) is 17.7. The molecule has 0 aliphatic heterocycles. The molecule has 3 rings (SSSR count). The number of benzene rings is 1. The minimum Gasteiger partial charge on any atom is -0.168 e. The van der Waals surface area contributed by atoms with E-state index in [1.807, 2.05) is 12.2 Å². The van der Waals surface area contributed by atoms with Crippen LogP contribution in [0.3, 0.4) is 0 Å². The van der Waals surface area contributed by atoms with E-state index in [-0.39, 0.29) is 11.1 Å².